The summed E-state index contributed by atoms with van der Waals surface area (Å²) in [4.78, 5) is 40.0. The van der Waals surface area contributed by atoms with Crippen molar-refractivity contribution in [3.8, 4) is 6.07 Å². The number of Topliss-reactive ketones (excluding diaryl/α,β-unsaturated/α-hetero) is 1. The highest BCUT2D eigenvalue weighted by atomic mass is 19.1. The van der Waals surface area contributed by atoms with Crippen molar-refractivity contribution in [1.82, 2.24) is 4.57 Å². The van der Waals surface area contributed by atoms with Crippen LogP contribution < -0.4 is 10.6 Å². The largest absolute Gasteiger partial charge is 0.393 e. The van der Waals surface area contributed by atoms with E-state index in [0.717, 1.165) is 6.07 Å². The molecule has 2 amide bonds. The molecule has 0 aliphatic heterocycles. The topological polar surface area (TPSA) is 129 Å². The summed E-state index contributed by atoms with van der Waals surface area (Å²) >= 11 is 0. The molecule has 1 aromatic heterocycles. The minimum absolute atomic E-state index is 0.0461. The van der Waals surface area contributed by atoms with Crippen molar-refractivity contribution in [1.29, 1.82) is 5.26 Å². The fourth-order valence-electron chi connectivity index (χ4n) is 4.43. The summed E-state index contributed by atoms with van der Waals surface area (Å²) in [7, 11) is 1.57. The molecule has 3 rings (SSSR count). The molecule has 0 atom stereocenters. The van der Waals surface area contributed by atoms with E-state index in [1.807, 2.05) is 0 Å². The lowest BCUT2D eigenvalue weighted by atomic mass is 9.91. The summed E-state index contributed by atoms with van der Waals surface area (Å²) in [6.07, 6.45) is 1.29. The van der Waals surface area contributed by atoms with Crippen molar-refractivity contribution in [2.45, 2.75) is 51.7 Å². The van der Waals surface area contributed by atoms with Gasteiger partial charge in [0.15, 0.2) is 0 Å². The molecule has 0 spiro atoms. The number of amides is 2. The molecule has 8 nitrogen and oxygen atoms in total. The molecule has 1 aliphatic rings. The van der Waals surface area contributed by atoms with Crippen molar-refractivity contribution in [2.24, 2.45) is 12.8 Å². The summed E-state index contributed by atoms with van der Waals surface area (Å²) in [6.45, 7) is 3.19. The Morgan fingerprint density at radius 2 is 1.84 bits per heavy atom. The fraction of sp³-hybridized carbons (Fsp3) is 0.391. The molecule has 0 unspecified atom stereocenters. The highest BCUT2D eigenvalue weighted by Gasteiger charge is 2.36. The Labute approximate surface area is 185 Å². The van der Waals surface area contributed by atoms with E-state index in [0.29, 0.717) is 36.9 Å². The van der Waals surface area contributed by atoms with Crippen LogP contribution in [-0.4, -0.2) is 39.4 Å². The molecule has 32 heavy (non-hydrogen) atoms. The second kappa shape index (κ2) is 8.93. The average molecular weight is 440 g/mol. The molecule has 1 heterocycles. The number of carbonyl (C=O) groups is 3. The molecule has 0 radical (unpaired) electrons. The number of hydrogen-bond donors (Lipinski definition) is 2. The molecule has 2 aromatic rings. The van der Waals surface area contributed by atoms with Crippen LogP contribution >= 0.6 is 0 Å². The van der Waals surface area contributed by atoms with Gasteiger partial charge < -0.3 is 20.3 Å². The quantitative estimate of drug-likeness (QED) is 0.544. The monoisotopic (exact) mass is 440 g/mol. The summed E-state index contributed by atoms with van der Waals surface area (Å²) < 4.78 is 15.4. The van der Waals surface area contributed by atoms with Gasteiger partial charge in [0.2, 0.25) is 0 Å². The van der Waals surface area contributed by atoms with Crippen molar-refractivity contribution in [3.63, 3.8) is 0 Å². The van der Waals surface area contributed by atoms with E-state index < -0.39 is 35.6 Å². The lowest BCUT2D eigenvalue weighted by Crippen LogP contribution is -2.47. The zero-order valence-corrected chi connectivity index (χ0v) is 18.2. The van der Waals surface area contributed by atoms with E-state index in [4.69, 9.17) is 5.73 Å². The third kappa shape index (κ3) is 4.01. The van der Waals surface area contributed by atoms with Crippen LogP contribution in [0.4, 0.5) is 10.1 Å². The molecule has 1 saturated carbocycles. The van der Waals surface area contributed by atoms with E-state index >= 15 is 0 Å². The second-order valence-electron chi connectivity index (χ2n) is 8.10. The third-order valence-electron chi connectivity index (χ3n) is 6.18. The number of ketones is 1. The number of primary amides is 1. The average Bonchev–Trinajstić information content (AvgIpc) is 2.98. The Kier molecular flexibility index (Phi) is 6.46. The van der Waals surface area contributed by atoms with Gasteiger partial charge in [-0.15, -0.1) is 0 Å². The number of aliphatic hydroxyl groups excluding tert-OH is 1. The lowest BCUT2D eigenvalue weighted by molar-refractivity contribution is -0.115. The smallest absolute Gasteiger partial charge is 0.301 e. The summed E-state index contributed by atoms with van der Waals surface area (Å²) in [5, 5.41) is 19.1. The van der Waals surface area contributed by atoms with E-state index in [1.165, 1.54) is 21.6 Å². The second-order valence-corrected chi connectivity index (χ2v) is 8.10. The van der Waals surface area contributed by atoms with Gasteiger partial charge in [0.1, 0.15) is 11.9 Å². The highest BCUT2D eigenvalue weighted by Crippen LogP contribution is 2.30. The van der Waals surface area contributed by atoms with E-state index in [1.54, 1.807) is 27.0 Å². The van der Waals surface area contributed by atoms with Gasteiger partial charge in [-0.25, -0.2) is 4.39 Å². The van der Waals surface area contributed by atoms with E-state index in [2.05, 4.69) is 0 Å². The van der Waals surface area contributed by atoms with Crippen LogP contribution in [0.3, 0.4) is 0 Å². The summed E-state index contributed by atoms with van der Waals surface area (Å²) in [5.74, 6) is -3.12. The van der Waals surface area contributed by atoms with Crippen LogP contribution in [0, 0.1) is 31.0 Å². The highest BCUT2D eigenvalue weighted by molar-refractivity contribution is 6.47. The SMILES string of the molecule is Cc1c(C(N)=O)c(C)n(C)c1C(=O)C(=O)N(c1ccc(F)c(C#N)c1)C1CCC(O)CC1. The summed E-state index contributed by atoms with van der Waals surface area (Å²) in [5.41, 5.74) is 6.44. The van der Waals surface area contributed by atoms with E-state index in [9.17, 15) is 29.1 Å². The van der Waals surface area contributed by atoms with Crippen LogP contribution in [0.25, 0.3) is 0 Å². The van der Waals surface area contributed by atoms with Gasteiger partial charge in [-0.1, -0.05) is 0 Å². The van der Waals surface area contributed by atoms with Gasteiger partial charge in [-0.05, 0) is 63.3 Å². The maximum atomic E-state index is 13.9. The first kappa shape index (κ1) is 23.2. The number of rotatable bonds is 5. The van der Waals surface area contributed by atoms with Crippen LogP contribution in [0.15, 0.2) is 18.2 Å². The molecule has 1 aromatic carbocycles. The van der Waals surface area contributed by atoms with Crippen LogP contribution in [0.1, 0.15) is 63.4 Å². The van der Waals surface area contributed by atoms with Gasteiger partial charge >= 0.3 is 5.91 Å². The van der Waals surface area contributed by atoms with Gasteiger partial charge in [-0.3, -0.25) is 14.4 Å². The van der Waals surface area contributed by atoms with Crippen molar-refractivity contribution in [2.75, 3.05) is 4.90 Å². The van der Waals surface area contributed by atoms with Crippen molar-refractivity contribution < 1.29 is 23.9 Å². The molecule has 1 fully saturated rings. The molecule has 0 saturated heterocycles. The number of carbonyl (C=O) groups excluding carboxylic acids is 3. The minimum Gasteiger partial charge on any atom is -0.393 e. The molecule has 0 bridgehead atoms. The zero-order valence-electron chi connectivity index (χ0n) is 18.2. The maximum absolute atomic E-state index is 13.9. The predicted octanol–water partition coefficient (Wildman–Crippen LogP) is 2.27. The maximum Gasteiger partial charge on any atom is 0.301 e. The Balaban J connectivity index is 2.09. The number of anilines is 1. The van der Waals surface area contributed by atoms with Crippen LogP contribution in [0.2, 0.25) is 0 Å². The van der Waals surface area contributed by atoms with Crippen molar-refractivity contribution >= 4 is 23.3 Å². The Hall–Kier alpha value is -3.51. The normalized spacial score (nSPS) is 18.1. The van der Waals surface area contributed by atoms with Gasteiger partial charge in [-0.2, -0.15) is 5.26 Å². The minimum atomic E-state index is -0.860. The predicted molar refractivity (Wildman–Crippen MR) is 115 cm³/mol. The van der Waals surface area contributed by atoms with Gasteiger partial charge in [0.05, 0.1) is 22.9 Å². The first-order chi connectivity index (χ1) is 15.1. The molecule has 9 heteroatoms. The number of nitrogens with two attached hydrogens (primary N) is 1. The van der Waals surface area contributed by atoms with Crippen LogP contribution in [-0.2, 0) is 11.8 Å². The van der Waals surface area contributed by atoms with Crippen LogP contribution in [0.5, 0.6) is 0 Å². The molecule has 1 aliphatic carbocycles. The van der Waals surface area contributed by atoms with Crippen molar-refractivity contribution in [3.05, 3.63) is 52.1 Å². The Morgan fingerprint density at radius 1 is 1.22 bits per heavy atom. The Morgan fingerprint density at radius 3 is 2.38 bits per heavy atom. The number of nitriles is 1. The summed E-state index contributed by atoms with van der Waals surface area (Å²) in [6, 6.07) is 5.01. The number of nitrogens with zero attached hydrogens (tertiary/aromatic N) is 3. The molecule has 3 N–H and O–H groups in total. The number of aliphatic hydroxyl groups is 1. The third-order valence-corrected chi connectivity index (χ3v) is 6.18. The molecular weight excluding hydrogens is 415 g/mol. The lowest BCUT2D eigenvalue weighted by Gasteiger charge is -2.35. The van der Waals surface area contributed by atoms with Gasteiger partial charge in [0, 0.05) is 24.5 Å². The fourth-order valence-corrected chi connectivity index (χ4v) is 4.43. The Bertz CT molecular complexity index is 1140. The first-order valence-corrected chi connectivity index (χ1v) is 10.3. The first-order valence-electron chi connectivity index (χ1n) is 10.3. The number of halogens is 1. The van der Waals surface area contributed by atoms with E-state index in [-0.39, 0.29) is 22.5 Å². The zero-order chi connectivity index (χ0) is 23.7. The standard InChI is InChI=1S/C23H25FN4O4/c1-12-19(22(26)31)13(2)27(3)20(12)21(30)23(32)28(15-4-7-17(29)8-5-15)16-6-9-18(24)14(10-16)11-25/h6,9-10,15,17,29H,4-5,7-8H2,1-3H3,(H2,26,31). The number of benzene rings is 1. The number of aromatic nitrogens is 1. The molecule has 168 valence electrons. The van der Waals surface area contributed by atoms with Gasteiger partial charge in [0.25, 0.3) is 11.7 Å². The molecular formula is C23H25FN4O4. The number of hydrogen-bond acceptors (Lipinski definition) is 5.